The second kappa shape index (κ2) is 7.21. The second-order valence-corrected chi connectivity index (χ2v) is 5.50. The Morgan fingerprint density at radius 3 is 2.80 bits per heavy atom. The number of ether oxygens (including phenoxy) is 2. The molecule has 1 amide bonds. The highest BCUT2D eigenvalue weighted by Crippen LogP contribution is 2.28. The van der Waals surface area contributed by atoms with Gasteiger partial charge in [-0.05, 0) is 37.3 Å². The van der Waals surface area contributed by atoms with Crippen LogP contribution in [0.2, 0.25) is 0 Å². The van der Waals surface area contributed by atoms with E-state index in [4.69, 9.17) is 9.47 Å². The molecule has 0 N–H and O–H groups in total. The number of hydrogen-bond acceptors (Lipinski definition) is 5. The number of methoxy groups -OCH3 is 1. The lowest BCUT2D eigenvalue weighted by Gasteiger charge is -2.17. The number of nitrogens with zero attached hydrogens (tertiary/aromatic N) is 4. The fraction of sp³-hybridized carbons (Fsp3) is 0.278. The molecule has 2 aromatic heterocycles. The Labute approximate surface area is 145 Å². The van der Waals surface area contributed by atoms with Gasteiger partial charge in [-0.15, -0.1) is 10.2 Å². The average Bonchev–Trinajstić information content (AvgIpc) is 3.04. The Bertz CT molecular complexity index is 891. The molecule has 0 saturated carbocycles. The average molecular weight is 340 g/mol. The molecule has 0 aliphatic rings. The zero-order chi connectivity index (χ0) is 17.8. The maximum absolute atomic E-state index is 12.7. The van der Waals surface area contributed by atoms with E-state index >= 15 is 0 Å². The van der Waals surface area contributed by atoms with Gasteiger partial charge < -0.3 is 14.4 Å². The first-order valence-electron chi connectivity index (χ1n) is 7.99. The number of hydrogen-bond donors (Lipinski definition) is 0. The minimum atomic E-state index is -0.131. The zero-order valence-corrected chi connectivity index (χ0v) is 14.5. The fourth-order valence-electron chi connectivity index (χ4n) is 2.58. The summed E-state index contributed by atoms with van der Waals surface area (Å²) in [5.41, 5.74) is 1.28. The van der Waals surface area contributed by atoms with Crippen molar-refractivity contribution in [2.24, 2.45) is 0 Å². The lowest BCUT2D eigenvalue weighted by atomic mass is 10.1. The first-order valence-corrected chi connectivity index (χ1v) is 7.99. The van der Waals surface area contributed by atoms with E-state index in [9.17, 15) is 4.79 Å². The molecule has 25 heavy (non-hydrogen) atoms. The van der Waals surface area contributed by atoms with E-state index in [0.29, 0.717) is 36.0 Å². The molecule has 3 rings (SSSR count). The molecule has 0 radical (unpaired) electrons. The van der Waals surface area contributed by atoms with Crippen LogP contribution < -0.4 is 9.47 Å². The number of carbonyl (C=O) groups is 1. The first-order chi connectivity index (χ1) is 12.1. The van der Waals surface area contributed by atoms with Crippen LogP contribution in [0.1, 0.15) is 23.1 Å². The van der Waals surface area contributed by atoms with Crippen LogP contribution in [0.25, 0.3) is 5.65 Å². The zero-order valence-electron chi connectivity index (χ0n) is 14.5. The van der Waals surface area contributed by atoms with Gasteiger partial charge in [0.05, 0.1) is 20.3 Å². The van der Waals surface area contributed by atoms with Crippen molar-refractivity contribution in [2.75, 3.05) is 20.8 Å². The van der Waals surface area contributed by atoms with Crippen LogP contribution in [0, 0.1) is 0 Å². The molecule has 0 bridgehead atoms. The van der Waals surface area contributed by atoms with E-state index in [1.54, 1.807) is 37.3 Å². The largest absolute Gasteiger partial charge is 0.493 e. The number of benzene rings is 1. The highest BCUT2D eigenvalue weighted by atomic mass is 16.5. The molecular weight excluding hydrogens is 320 g/mol. The summed E-state index contributed by atoms with van der Waals surface area (Å²) < 4.78 is 12.7. The summed E-state index contributed by atoms with van der Waals surface area (Å²) in [7, 11) is 3.29. The monoisotopic (exact) mass is 340 g/mol. The van der Waals surface area contributed by atoms with Crippen LogP contribution in [0.3, 0.4) is 0 Å². The van der Waals surface area contributed by atoms with E-state index in [1.165, 1.54) is 0 Å². The van der Waals surface area contributed by atoms with Gasteiger partial charge >= 0.3 is 0 Å². The lowest BCUT2D eigenvalue weighted by molar-refractivity contribution is 0.0780. The van der Waals surface area contributed by atoms with Gasteiger partial charge in [0.15, 0.2) is 23.0 Å². The smallest absolute Gasteiger partial charge is 0.254 e. The van der Waals surface area contributed by atoms with E-state index in [-0.39, 0.29) is 5.91 Å². The van der Waals surface area contributed by atoms with Gasteiger partial charge in [0, 0.05) is 18.8 Å². The van der Waals surface area contributed by atoms with Gasteiger partial charge in [0.2, 0.25) is 0 Å². The summed E-state index contributed by atoms with van der Waals surface area (Å²) in [5, 5.41) is 8.26. The standard InChI is InChI=1S/C18H20N4O3/c1-4-25-14-9-8-13(11-15(14)24-3)18(23)21(2)12-17-20-19-16-7-5-6-10-22(16)17/h5-11H,4,12H2,1-3H3. The van der Waals surface area contributed by atoms with Gasteiger partial charge in [0.25, 0.3) is 5.91 Å². The Kier molecular flexibility index (Phi) is 4.83. The molecule has 0 aliphatic heterocycles. The SMILES string of the molecule is CCOc1ccc(C(=O)N(C)Cc2nnc3ccccn23)cc1OC. The van der Waals surface area contributed by atoms with Crippen molar-refractivity contribution in [3.8, 4) is 11.5 Å². The third-order valence-corrected chi connectivity index (χ3v) is 3.82. The summed E-state index contributed by atoms with van der Waals surface area (Å²) in [5.74, 6) is 1.72. The maximum atomic E-state index is 12.7. The summed E-state index contributed by atoms with van der Waals surface area (Å²) >= 11 is 0. The van der Waals surface area contributed by atoms with E-state index in [1.807, 2.05) is 35.7 Å². The van der Waals surface area contributed by atoms with Crippen molar-refractivity contribution in [2.45, 2.75) is 13.5 Å². The first kappa shape index (κ1) is 16.8. The van der Waals surface area contributed by atoms with Gasteiger partial charge in [-0.25, -0.2) is 0 Å². The van der Waals surface area contributed by atoms with Crippen molar-refractivity contribution < 1.29 is 14.3 Å². The number of pyridine rings is 1. The maximum Gasteiger partial charge on any atom is 0.254 e. The Morgan fingerprint density at radius 2 is 2.04 bits per heavy atom. The van der Waals surface area contributed by atoms with Gasteiger partial charge in [-0.2, -0.15) is 0 Å². The van der Waals surface area contributed by atoms with Crippen LogP contribution in [0.15, 0.2) is 42.6 Å². The number of rotatable bonds is 6. The van der Waals surface area contributed by atoms with Crippen molar-refractivity contribution in [1.29, 1.82) is 0 Å². The van der Waals surface area contributed by atoms with E-state index in [0.717, 1.165) is 5.65 Å². The molecule has 0 fully saturated rings. The number of amides is 1. The summed E-state index contributed by atoms with van der Waals surface area (Å²) in [4.78, 5) is 14.3. The van der Waals surface area contributed by atoms with Crippen LogP contribution in [-0.4, -0.2) is 46.2 Å². The fourth-order valence-corrected chi connectivity index (χ4v) is 2.58. The number of fused-ring (bicyclic) bond motifs is 1. The van der Waals surface area contributed by atoms with Crippen LogP contribution in [0.4, 0.5) is 0 Å². The van der Waals surface area contributed by atoms with Gasteiger partial charge in [0.1, 0.15) is 0 Å². The predicted molar refractivity (Wildman–Crippen MR) is 92.9 cm³/mol. The summed E-state index contributed by atoms with van der Waals surface area (Å²) in [6, 6.07) is 10.8. The molecule has 7 heteroatoms. The van der Waals surface area contributed by atoms with Crippen molar-refractivity contribution in [1.82, 2.24) is 19.5 Å². The van der Waals surface area contributed by atoms with Gasteiger partial charge in [-0.1, -0.05) is 6.07 Å². The molecule has 1 aromatic carbocycles. The molecule has 0 atom stereocenters. The summed E-state index contributed by atoms with van der Waals surface area (Å²) in [6.07, 6.45) is 1.88. The van der Waals surface area contributed by atoms with Crippen molar-refractivity contribution in [3.05, 3.63) is 54.0 Å². The third kappa shape index (κ3) is 3.40. The Hall–Kier alpha value is -3.09. The van der Waals surface area contributed by atoms with Crippen molar-refractivity contribution >= 4 is 11.6 Å². The summed E-state index contributed by atoms with van der Waals surface area (Å²) in [6.45, 7) is 2.78. The topological polar surface area (TPSA) is 69.0 Å². The second-order valence-electron chi connectivity index (χ2n) is 5.50. The Morgan fingerprint density at radius 1 is 1.20 bits per heavy atom. The van der Waals surface area contributed by atoms with Crippen LogP contribution in [-0.2, 0) is 6.54 Å². The highest BCUT2D eigenvalue weighted by molar-refractivity contribution is 5.94. The van der Waals surface area contributed by atoms with Crippen molar-refractivity contribution in [3.63, 3.8) is 0 Å². The highest BCUT2D eigenvalue weighted by Gasteiger charge is 2.17. The minimum absolute atomic E-state index is 0.131. The molecule has 0 spiro atoms. The minimum Gasteiger partial charge on any atom is -0.493 e. The molecular formula is C18H20N4O3. The number of aromatic nitrogens is 3. The molecule has 130 valence electrons. The van der Waals surface area contributed by atoms with Crippen LogP contribution >= 0.6 is 0 Å². The predicted octanol–water partition coefficient (Wildman–Crippen LogP) is 2.41. The molecule has 3 aromatic rings. The quantitative estimate of drug-likeness (QED) is 0.689. The lowest BCUT2D eigenvalue weighted by Crippen LogP contribution is -2.27. The molecule has 0 unspecified atom stereocenters. The Balaban J connectivity index is 1.80. The molecule has 0 saturated heterocycles. The van der Waals surface area contributed by atoms with E-state index in [2.05, 4.69) is 10.2 Å². The molecule has 2 heterocycles. The van der Waals surface area contributed by atoms with E-state index < -0.39 is 0 Å². The normalized spacial score (nSPS) is 10.7. The molecule has 0 aliphatic carbocycles. The number of carbonyl (C=O) groups excluding carboxylic acids is 1. The molecule has 7 nitrogen and oxygen atoms in total. The third-order valence-electron chi connectivity index (χ3n) is 3.82. The van der Waals surface area contributed by atoms with Crippen LogP contribution in [0.5, 0.6) is 11.5 Å². The van der Waals surface area contributed by atoms with Gasteiger partial charge in [-0.3, -0.25) is 9.20 Å².